The van der Waals surface area contributed by atoms with Crippen LogP contribution >= 0.6 is 22.7 Å². The lowest BCUT2D eigenvalue weighted by Crippen LogP contribution is -2.13. The number of ether oxygens (including phenoxy) is 1. The van der Waals surface area contributed by atoms with Crippen molar-refractivity contribution in [2.24, 2.45) is 0 Å². The molecule has 0 saturated carbocycles. The lowest BCUT2D eigenvalue weighted by molar-refractivity contribution is 0.102. The average Bonchev–Trinajstić information content (AvgIpc) is 3.47. The number of hydrogen-bond acceptors (Lipinski definition) is 6. The Kier molecular flexibility index (Phi) is 6.06. The number of nitrogens with one attached hydrogen (secondary N) is 2. The highest BCUT2D eigenvalue weighted by molar-refractivity contribution is 7.14. The molecule has 156 valence electrons. The Labute approximate surface area is 185 Å². The molecule has 2 N–H and O–H groups in total. The zero-order valence-electron chi connectivity index (χ0n) is 16.2. The van der Waals surface area contributed by atoms with Crippen LogP contribution in [0.3, 0.4) is 0 Å². The van der Waals surface area contributed by atoms with Gasteiger partial charge < -0.3 is 10.1 Å². The van der Waals surface area contributed by atoms with Crippen LogP contribution in [0.25, 0.3) is 11.3 Å². The molecule has 4 rings (SSSR count). The highest BCUT2D eigenvalue weighted by Gasteiger charge is 2.13. The Morgan fingerprint density at radius 1 is 1.00 bits per heavy atom. The fourth-order valence-corrected chi connectivity index (χ4v) is 4.10. The third-order valence-corrected chi connectivity index (χ3v) is 5.95. The Morgan fingerprint density at radius 3 is 2.48 bits per heavy atom. The van der Waals surface area contributed by atoms with Crippen LogP contribution in [0, 0.1) is 5.82 Å². The van der Waals surface area contributed by atoms with E-state index in [-0.39, 0.29) is 17.6 Å². The summed E-state index contributed by atoms with van der Waals surface area (Å²) in [6.45, 7) is 0. The number of methoxy groups -OCH3 is 1. The van der Waals surface area contributed by atoms with Crippen LogP contribution in [0.4, 0.5) is 15.2 Å². The van der Waals surface area contributed by atoms with Gasteiger partial charge in [0.05, 0.1) is 17.7 Å². The lowest BCUT2D eigenvalue weighted by Gasteiger charge is -2.06. The zero-order chi connectivity index (χ0) is 21.8. The Morgan fingerprint density at radius 2 is 1.81 bits per heavy atom. The van der Waals surface area contributed by atoms with Crippen molar-refractivity contribution in [1.82, 2.24) is 4.98 Å². The van der Waals surface area contributed by atoms with Gasteiger partial charge in [0.1, 0.15) is 0 Å². The van der Waals surface area contributed by atoms with Gasteiger partial charge >= 0.3 is 0 Å². The predicted octanol–water partition coefficient (Wildman–Crippen LogP) is 5.52. The number of rotatable bonds is 6. The molecule has 0 bridgehead atoms. The highest BCUT2D eigenvalue weighted by atomic mass is 32.1. The minimum Gasteiger partial charge on any atom is -0.494 e. The maximum absolute atomic E-state index is 13.9. The molecule has 2 amide bonds. The first-order valence-electron chi connectivity index (χ1n) is 9.09. The number of thiazole rings is 1. The van der Waals surface area contributed by atoms with Crippen molar-refractivity contribution < 1.29 is 18.7 Å². The van der Waals surface area contributed by atoms with Gasteiger partial charge in [-0.1, -0.05) is 6.07 Å². The van der Waals surface area contributed by atoms with E-state index in [9.17, 15) is 14.0 Å². The number of halogens is 1. The van der Waals surface area contributed by atoms with Crippen molar-refractivity contribution in [2.75, 3.05) is 17.7 Å². The van der Waals surface area contributed by atoms with Crippen molar-refractivity contribution in [1.29, 1.82) is 0 Å². The molecule has 0 atom stereocenters. The third kappa shape index (κ3) is 4.79. The molecule has 9 heteroatoms. The number of nitrogens with zero attached hydrogens (tertiary/aromatic N) is 1. The summed E-state index contributed by atoms with van der Waals surface area (Å²) in [5.74, 6) is -0.859. The summed E-state index contributed by atoms with van der Waals surface area (Å²) < 4.78 is 18.8. The van der Waals surface area contributed by atoms with Crippen LogP contribution in [0.2, 0.25) is 0 Å². The van der Waals surface area contributed by atoms with E-state index in [0.717, 1.165) is 0 Å². The van der Waals surface area contributed by atoms with E-state index in [1.54, 1.807) is 41.8 Å². The van der Waals surface area contributed by atoms with Crippen LogP contribution in [-0.4, -0.2) is 23.9 Å². The Hall–Kier alpha value is -3.56. The van der Waals surface area contributed by atoms with E-state index in [1.807, 2.05) is 11.4 Å². The van der Waals surface area contributed by atoms with E-state index in [0.29, 0.717) is 32.5 Å². The molecule has 2 heterocycles. The first-order chi connectivity index (χ1) is 15.0. The SMILES string of the molecule is COc1ccc(-c2csc(NC(=O)c3ccc(NC(=O)c4cccs4)cc3)n2)cc1F. The van der Waals surface area contributed by atoms with Crippen LogP contribution in [0.15, 0.2) is 65.4 Å². The minimum atomic E-state index is -0.482. The average molecular weight is 454 g/mol. The summed E-state index contributed by atoms with van der Waals surface area (Å²) in [6, 6.07) is 14.7. The maximum atomic E-state index is 13.9. The largest absolute Gasteiger partial charge is 0.494 e. The predicted molar refractivity (Wildman–Crippen MR) is 121 cm³/mol. The van der Waals surface area contributed by atoms with E-state index in [1.165, 1.54) is 41.9 Å². The third-order valence-electron chi connectivity index (χ3n) is 4.32. The van der Waals surface area contributed by atoms with Crippen molar-refractivity contribution in [2.45, 2.75) is 0 Å². The van der Waals surface area contributed by atoms with Crippen LogP contribution in [0.5, 0.6) is 5.75 Å². The molecule has 4 aromatic rings. The molecule has 31 heavy (non-hydrogen) atoms. The molecular formula is C22H16FN3O3S2. The van der Waals surface area contributed by atoms with Crippen molar-refractivity contribution >= 4 is 45.3 Å². The maximum Gasteiger partial charge on any atom is 0.265 e. The van der Waals surface area contributed by atoms with E-state index in [4.69, 9.17) is 4.74 Å². The summed E-state index contributed by atoms with van der Waals surface area (Å²) in [4.78, 5) is 29.6. The molecule has 2 aromatic carbocycles. The van der Waals surface area contributed by atoms with Gasteiger partial charge in [-0.15, -0.1) is 22.7 Å². The second kappa shape index (κ2) is 9.07. The molecule has 0 saturated heterocycles. The number of amides is 2. The molecule has 0 aliphatic heterocycles. The summed E-state index contributed by atoms with van der Waals surface area (Å²) in [6.07, 6.45) is 0. The molecule has 6 nitrogen and oxygen atoms in total. The van der Waals surface area contributed by atoms with Gasteiger partial charge in [-0.05, 0) is 53.9 Å². The quantitative estimate of drug-likeness (QED) is 0.403. The molecule has 0 fully saturated rings. The number of thiophene rings is 1. The Bertz CT molecular complexity index is 1220. The second-order valence-electron chi connectivity index (χ2n) is 6.35. The number of hydrogen-bond donors (Lipinski definition) is 2. The normalized spacial score (nSPS) is 10.5. The first kappa shape index (κ1) is 20.7. The fourth-order valence-electron chi connectivity index (χ4n) is 2.76. The topological polar surface area (TPSA) is 80.3 Å². The van der Waals surface area contributed by atoms with Gasteiger partial charge in [0.2, 0.25) is 0 Å². The van der Waals surface area contributed by atoms with Gasteiger partial charge in [-0.25, -0.2) is 9.37 Å². The van der Waals surface area contributed by atoms with Gasteiger partial charge in [0.15, 0.2) is 16.7 Å². The monoisotopic (exact) mass is 453 g/mol. The minimum absolute atomic E-state index is 0.155. The standard InChI is InChI=1S/C22H16FN3O3S2/c1-29-18-9-6-14(11-16(18)23)17-12-31-22(25-17)26-20(27)13-4-7-15(8-5-13)24-21(28)19-3-2-10-30-19/h2-12H,1H3,(H,24,28)(H,25,26,27). The summed E-state index contributed by atoms with van der Waals surface area (Å²) in [7, 11) is 1.40. The Balaban J connectivity index is 1.40. The smallest absolute Gasteiger partial charge is 0.265 e. The number of carbonyl (C=O) groups excluding carboxylic acids is 2. The number of aromatic nitrogens is 1. The fraction of sp³-hybridized carbons (Fsp3) is 0.0455. The van der Waals surface area contributed by atoms with Gasteiger partial charge in [0.25, 0.3) is 11.8 Å². The van der Waals surface area contributed by atoms with Crippen molar-refractivity contribution in [3.05, 3.63) is 81.6 Å². The number of carbonyl (C=O) groups is 2. The van der Waals surface area contributed by atoms with Gasteiger partial charge in [-0.3, -0.25) is 14.9 Å². The first-order valence-corrected chi connectivity index (χ1v) is 10.8. The lowest BCUT2D eigenvalue weighted by atomic mass is 10.1. The molecular weight excluding hydrogens is 437 g/mol. The molecule has 0 radical (unpaired) electrons. The molecule has 0 aliphatic rings. The van der Waals surface area contributed by atoms with E-state index in [2.05, 4.69) is 15.6 Å². The van der Waals surface area contributed by atoms with Crippen LogP contribution in [-0.2, 0) is 0 Å². The molecule has 0 spiro atoms. The van der Waals surface area contributed by atoms with Gasteiger partial charge in [-0.2, -0.15) is 0 Å². The number of benzene rings is 2. The van der Waals surface area contributed by atoms with Crippen molar-refractivity contribution in [3.8, 4) is 17.0 Å². The van der Waals surface area contributed by atoms with Gasteiger partial charge in [0, 0.05) is 22.2 Å². The summed E-state index contributed by atoms with van der Waals surface area (Å²) in [5.41, 5.74) is 2.14. The number of anilines is 2. The van der Waals surface area contributed by atoms with Crippen LogP contribution in [0.1, 0.15) is 20.0 Å². The molecule has 0 aliphatic carbocycles. The highest BCUT2D eigenvalue weighted by Crippen LogP contribution is 2.28. The zero-order valence-corrected chi connectivity index (χ0v) is 17.9. The van der Waals surface area contributed by atoms with Crippen molar-refractivity contribution in [3.63, 3.8) is 0 Å². The second-order valence-corrected chi connectivity index (χ2v) is 8.16. The van der Waals surface area contributed by atoms with Crippen LogP contribution < -0.4 is 15.4 Å². The summed E-state index contributed by atoms with van der Waals surface area (Å²) >= 11 is 2.59. The molecule has 0 unspecified atom stereocenters. The van der Waals surface area contributed by atoms with E-state index >= 15 is 0 Å². The van der Waals surface area contributed by atoms with E-state index < -0.39 is 5.82 Å². The molecule has 2 aromatic heterocycles. The summed E-state index contributed by atoms with van der Waals surface area (Å²) in [5, 5.41) is 9.48.